The first-order valence-electron chi connectivity index (χ1n) is 8.02. The average molecular weight is 385 g/mol. The van der Waals surface area contributed by atoms with E-state index < -0.39 is 0 Å². The number of aryl methyl sites for hydroxylation is 2. The molecule has 0 fully saturated rings. The molecule has 3 rings (SSSR count). The number of aromatic nitrogens is 2. The zero-order valence-electron chi connectivity index (χ0n) is 14.4. The van der Waals surface area contributed by atoms with E-state index in [-0.39, 0.29) is 17.1 Å². The van der Waals surface area contributed by atoms with Crippen molar-refractivity contribution in [2.75, 3.05) is 5.75 Å². The van der Waals surface area contributed by atoms with Gasteiger partial charge in [-0.3, -0.25) is 14.2 Å². The number of thioether (sulfide) groups is 1. The lowest BCUT2D eigenvalue weighted by Crippen LogP contribution is -2.21. The average Bonchev–Trinajstić information content (AvgIpc) is 2.59. The minimum absolute atomic E-state index is 0.0968. The summed E-state index contributed by atoms with van der Waals surface area (Å²) < 4.78 is 1.55. The van der Waals surface area contributed by atoms with Crippen molar-refractivity contribution in [3.63, 3.8) is 0 Å². The van der Waals surface area contributed by atoms with Gasteiger partial charge in [0.15, 0.2) is 10.8 Å². The maximum absolute atomic E-state index is 12.7. The highest BCUT2D eigenvalue weighted by Crippen LogP contribution is 2.17. The Balaban J connectivity index is 1.83. The van der Waals surface area contributed by atoms with Crippen LogP contribution in [0, 0.1) is 13.8 Å². The molecule has 1 aromatic heterocycles. The van der Waals surface area contributed by atoms with Gasteiger partial charge in [-0.05, 0) is 49.2 Å². The van der Waals surface area contributed by atoms with Gasteiger partial charge in [-0.25, -0.2) is 4.98 Å². The Morgan fingerprint density at radius 1 is 1.15 bits per heavy atom. The van der Waals surface area contributed by atoms with Crippen molar-refractivity contribution in [3.05, 3.63) is 86.9 Å². The fourth-order valence-corrected chi connectivity index (χ4v) is 3.65. The minimum atomic E-state index is -0.235. The molecule has 2 aromatic carbocycles. The second-order valence-electron chi connectivity index (χ2n) is 5.98. The lowest BCUT2D eigenvalue weighted by Gasteiger charge is -2.09. The largest absolute Gasteiger partial charge is 0.293 e. The van der Waals surface area contributed by atoms with Crippen LogP contribution < -0.4 is 5.56 Å². The van der Waals surface area contributed by atoms with Gasteiger partial charge >= 0.3 is 0 Å². The van der Waals surface area contributed by atoms with Crippen molar-refractivity contribution >= 4 is 29.1 Å². The van der Waals surface area contributed by atoms with Crippen molar-refractivity contribution in [3.8, 4) is 5.69 Å². The van der Waals surface area contributed by atoms with Crippen LogP contribution in [0.1, 0.15) is 21.5 Å². The maximum atomic E-state index is 12.7. The monoisotopic (exact) mass is 384 g/mol. The fourth-order valence-electron chi connectivity index (χ4n) is 2.66. The van der Waals surface area contributed by atoms with Gasteiger partial charge < -0.3 is 0 Å². The number of hydrogen-bond acceptors (Lipinski definition) is 4. The molecule has 0 spiro atoms. The molecule has 0 unspecified atom stereocenters. The van der Waals surface area contributed by atoms with E-state index in [2.05, 4.69) is 11.1 Å². The van der Waals surface area contributed by atoms with Crippen LogP contribution in [-0.4, -0.2) is 21.1 Å². The smallest absolute Gasteiger partial charge is 0.287 e. The SMILES string of the molecule is Cc1cc(C)cc(-n2ccnc(SCC(=O)c3cccc(Cl)c3)c2=O)c1. The van der Waals surface area contributed by atoms with E-state index in [1.165, 1.54) is 0 Å². The molecule has 3 aromatic rings. The Hall–Kier alpha value is -2.37. The molecule has 6 heteroatoms. The van der Waals surface area contributed by atoms with Crippen molar-refractivity contribution < 1.29 is 4.79 Å². The van der Waals surface area contributed by atoms with Crippen LogP contribution in [-0.2, 0) is 0 Å². The number of ketones is 1. The highest BCUT2D eigenvalue weighted by atomic mass is 35.5. The number of hydrogen-bond donors (Lipinski definition) is 0. The first kappa shape index (κ1) is 18.4. The highest BCUT2D eigenvalue weighted by molar-refractivity contribution is 7.99. The molecule has 0 aliphatic carbocycles. The van der Waals surface area contributed by atoms with Gasteiger partial charge in [0.25, 0.3) is 5.56 Å². The Labute approximate surface area is 160 Å². The number of carbonyl (C=O) groups excluding carboxylic acids is 1. The minimum Gasteiger partial charge on any atom is -0.293 e. The lowest BCUT2D eigenvalue weighted by atomic mass is 10.1. The third kappa shape index (κ3) is 4.23. The summed E-state index contributed by atoms with van der Waals surface area (Å²) in [5.41, 5.74) is 3.23. The van der Waals surface area contributed by atoms with Gasteiger partial charge in [-0.15, -0.1) is 0 Å². The molecule has 0 bridgehead atoms. The normalized spacial score (nSPS) is 10.7. The molecule has 0 radical (unpaired) electrons. The van der Waals surface area contributed by atoms with Gasteiger partial charge in [0.1, 0.15) is 0 Å². The predicted octanol–water partition coefficient (Wildman–Crippen LogP) is 4.48. The van der Waals surface area contributed by atoms with Crippen LogP contribution in [0.3, 0.4) is 0 Å². The molecule has 132 valence electrons. The summed E-state index contributed by atoms with van der Waals surface area (Å²) >= 11 is 7.06. The van der Waals surface area contributed by atoms with Crippen LogP contribution in [0.5, 0.6) is 0 Å². The summed E-state index contributed by atoms with van der Waals surface area (Å²) in [6.07, 6.45) is 3.21. The van der Waals surface area contributed by atoms with E-state index in [1.54, 1.807) is 41.2 Å². The van der Waals surface area contributed by atoms with E-state index in [0.29, 0.717) is 15.6 Å². The molecule has 0 atom stereocenters. The van der Waals surface area contributed by atoms with Crippen LogP contribution in [0.25, 0.3) is 5.69 Å². The van der Waals surface area contributed by atoms with Gasteiger partial charge in [0.05, 0.1) is 5.75 Å². The van der Waals surface area contributed by atoms with Crippen molar-refractivity contribution in [2.45, 2.75) is 18.9 Å². The molecular formula is C20H17ClN2O2S. The standard InChI is InChI=1S/C20H17ClN2O2S/c1-13-8-14(2)10-17(9-13)23-7-6-22-19(20(23)25)26-12-18(24)15-4-3-5-16(21)11-15/h3-11H,12H2,1-2H3. The molecular weight excluding hydrogens is 368 g/mol. The predicted molar refractivity (Wildman–Crippen MR) is 106 cm³/mol. The number of nitrogens with zero attached hydrogens (tertiary/aromatic N) is 2. The number of benzene rings is 2. The molecule has 0 amide bonds. The topological polar surface area (TPSA) is 52.0 Å². The molecule has 0 aliphatic heterocycles. The van der Waals surface area contributed by atoms with Gasteiger partial charge in [0, 0.05) is 28.7 Å². The fraction of sp³-hybridized carbons (Fsp3) is 0.150. The quantitative estimate of drug-likeness (QED) is 0.480. The second kappa shape index (κ2) is 7.89. The molecule has 1 heterocycles. The summed E-state index contributed by atoms with van der Waals surface area (Å²) in [7, 11) is 0. The van der Waals surface area contributed by atoms with Crippen LogP contribution in [0.15, 0.2) is 64.7 Å². The van der Waals surface area contributed by atoms with E-state index in [1.807, 2.05) is 26.0 Å². The maximum Gasteiger partial charge on any atom is 0.287 e. The number of Topliss-reactive ketones (excluding diaryl/α,β-unsaturated/α-hetero) is 1. The summed E-state index contributed by atoms with van der Waals surface area (Å²) in [6, 6.07) is 12.7. The zero-order chi connectivity index (χ0) is 18.7. The number of rotatable bonds is 5. The molecule has 0 saturated heterocycles. The Morgan fingerprint density at radius 2 is 1.88 bits per heavy atom. The van der Waals surface area contributed by atoms with Crippen LogP contribution in [0.4, 0.5) is 0 Å². The van der Waals surface area contributed by atoms with Crippen LogP contribution >= 0.6 is 23.4 Å². The van der Waals surface area contributed by atoms with Crippen molar-refractivity contribution in [2.24, 2.45) is 0 Å². The summed E-state index contributed by atoms with van der Waals surface area (Å²) in [4.78, 5) is 29.2. The van der Waals surface area contributed by atoms with E-state index >= 15 is 0 Å². The molecule has 0 saturated carbocycles. The third-order valence-corrected chi connectivity index (χ3v) is 4.98. The van der Waals surface area contributed by atoms with Crippen LogP contribution in [0.2, 0.25) is 5.02 Å². The number of halogens is 1. The zero-order valence-corrected chi connectivity index (χ0v) is 16.0. The third-order valence-electron chi connectivity index (χ3n) is 3.78. The Bertz CT molecular complexity index is 1010. The number of carbonyl (C=O) groups is 1. The van der Waals surface area contributed by atoms with Gasteiger partial charge in [0.2, 0.25) is 0 Å². The van der Waals surface area contributed by atoms with Crippen molar-refractivity contribution in [1.29, 1.82) is 0 Å². The summed E-state index contributed by atoms with van der Waals surface area (Å²) in [5.74, 6) is 0.0277. The van der Waals surface area contributed by atoms with Gasteiger partial charge in [-0.1, -0.05) is 41.6 Å². The molecule has 0 aliphatic rings. The van der Waals surface area contributed by atoms with Gasteiger partial charge in [-0.2, -0.15) is 0 Å². The molecule has 26 heavy (non-hydrogen) atoms. The summed E-state index contributed by atoms with van der Waals surface area (Å²) in [5, 5.41) is 0.804. The summed E-state index contributed by atoms with van der Waals surface area (Å²) in [6.45, 7) is 3.98. The Morgan fingerprint density at radius 3 is 2.58 bits per heavy atom. The molecule has 0 N–H and O–H groups in total. The van der Waals surface area contributed by atoms with Crippen molar-refractivity contribution in [1.82, 2.24) is 9.55 Å². The first-order chi connectivity index (χ1) is 12.4. The molecule has 4 nitrogen and oxygen atoms in total. The highest BCUT2D eigenvalue weighted by Gasteiger charge is 2.12. The first-order valence-corrected chi connectivity index (χ1v) is 9.38. The van der Waals surface area contributed by atoms with E-state index in [4.69, 9.17) is 11.6 Å². The van der Waals surface area contributed by atoms with E-state index in [9.17, 15) is 9.59 Å². The lowest BCUT2D eigenvalue weighted by molar-refractivity contribution is 0.102. The van der Waals surface area contributed by atoms with E-state index in [0.717, 1.165) is 28.6 Å². The second-order valence-corrected chi connectivity index (χ2v) is 7.38. The Kier molecular flexibility index (Phi) is 5.59.